The number of thiophene rings is 1. The number of fused-ring (bicyclic) bond motifs is 8. The molecule has 55 heavy (non-hydrogen) atoms. The number of para-hydroxylation sites is 2. The van der Waals surface area contributed by atoms with Gasteiger partial charge in [-0.2, -0.15) is 0 Å². The zero-order chi connectivity index (χ0) is 35.8. The fourth-order valence-corrected chi connectivity index (χ4v) is 10.5. The first-order chi connectivity index (χ1) is 27.3. The Morgan fingerprint density at radius 2 is 1.00 bits per heavy atom. The molecule has 0 saturated carbocycles. The topological polar surface area (TPSA) is 35.6 Å². The average Bonchev–Trinajstić information content (AvgIpc) is 3.88. The standard InChI is InChI=1S/C50H28N4S/c1-2-14-31(15-3-1)53-39-22-6-4-16-32(39)33-27-26-30(28-42(33)53)48-47-38-17-5-7-25-43(38)55-49(47)52-50(51-48)54-40-23-10-20-36-34-18-8-12-29-13-9-19-35(44(29)34)37-21-11-24-41(54)46(37)45(36)40/h1-28H. The van der Waals surface area contributed by atoms with Gasteiger partial charge in [-0.05, 0) is 75.5 Å². The summed E-state index contributed by atoms with van der Waals surface area (Å²) in [6, 6.07) is 61.6. The lowest BCUT2D eigenvalue weighted by molar-refractivity contribution is 1.02. The molecule has 0 bridgehead atoms. The van der Waals surface area contributed by atoms with E-state index in [0.717, 1.165) is 43.7 Å². The van der Waals surface area contributed by atoms with E-state index >= 15 is 0 Å². The van der Waals surface area contributed by atoms with Crippen LogP contribution in [0.1, 0.15) is 0 Å². The minimum absolute atomic E-state index is 0.680. The maximum absolute atomic E-state index is 5.63. The molecule has 8 aromatic carbocycles. The predicted molar refractivity (Wildman–Crippen MR) is 231 cm³/mol. The molecule has 0 spiro atoms. The van der Waals surface area contributed by atoms with E-state index in [1.54, 1.807) is 11.3 Å². The molecular formula is C50H28N4S. The SMILES string of the molecule is c1ccc(-n2c3ccccc3c3ccc(-c4nc(-n5c6cccc7c6c6c(cccc65)-c5cccc6cccc-7c56)nc5sc6ccccc6c45)cc32)cc1. The molecular weight excluding hydrogens is 689 g/mol. The number of aromatic nitrogens is 4. The highest BCUT2D eigenvalue weighted by molar-refractivity contribution is 7.25. The van der Waals surface area contributed by atoms with Crippen molar-refractivity contribution in [2.75, 3.05) is 0 Å². The third-order valence-corrected chi connectivity index (χ3v) is 12.8. The van der Waals surface area contributed by atoms with Gasteiger partial charge in [0, 0.05) is 48.3 Å². The van der Waals surface area contributed by atoms with E-state index in [1.165, 1.54) is 70.2 Å². The summed E-state index contributed by atoms with van der Waals surface area (Å²) < 4.78 is 5.89. The molecule has 12 aromatic rings. The molecule has 5 heteroatoms. The Hall–Kier alpha value is -7.08. The minimum atomic E-state index is 0.680. The van der Waals surface area contributed by atoms with Crippen molar-refractivity contribution in [3.8, 4) is 45.1 Å². The first-order valence-electron chi connectivity index (χ1n) is 18.7. The smallest absolute Gasteiger partial charge is 0.236 e. The molecule has 4 nitrogen and oxygen atoms in total. The molecule has 1 aliphatic rings. The van der Waals surface area contributed by atoms with Gasteiger partial charge >= 0.3 is 0 Å². The monoisotopic (exact) mass is 716 g/mol. The summed E-state index contributed by atoms with van der Waals surface area (Å²) in [6.45, 7) is 0. The normalized spacial score (nSPS) is 12.4. The number of nitrogens with zero attached hydrogens (tertiary/aromatic N) is 4. The molecule has 1 aliphatic carbocycles. The van der Waals surface area contributed by atoms with Crippen LogP contribution < -0.4 is 0 Å². The molecule has 254 valence electrons. The second-order valence-corrected chi connectivity index (χ2v) is 15.5. The lowest BCUT2D eigenvalue weighted by atomic mass is 9.93. The number of rotatable bonds is 3. The van der Waals surface area contributed by atoms with E-state index < -0.39 is 0 Å². The fourth-order valence-electron chi connectivity index (χ4n) is 9.46. The average molecular weight is 717 g/mol. The van der Waals surface area contributed by atoms with Crippen LogP contribution in [-0.2, 0) is 0 Å². The summed E-state index contributed by atoms with van der Waals surface area (Å²) in [4.78, 5) is 12.1. The van der Waals surface area contributed by atoms with Gasteiger partial charge in [0.15, 0.2) is 0 Å². The maximum atomic E-state index is 5.63. The van der Waals surface area contributed by atoms with Crippen LogP contribution >= 0.6 is 11.3 Å². The van der Waals surface area contributed by atoms with Crippen LogP contribution in [-0.4, -0.2) is 19.1 Å². The van der Waals surface area contributed by atoms with Crippen molar-refractivity contribution in [2.45, 2.75) is 0 Å². The molecule has 0 atom stereocenters. The van der Waals surface area contributed by atoms with Crippen molar-refractivity contribution >= 4 is 86.0 Å². The van der Waals surface area contributed by atoms with Gasteiger partial charge in [0.1, 0.15) is 4.83 Å². The van der Waals surface area contributed by atoms with Crippen molar-refractivity contribution in [2.24, 2.45) is 0 Å². The Balaban J connectivity index is 1.15. The van der Waals surface area contributed by atoms with Crippen LogP contribution in [0.4, 0.5) is 0 Å². The van der Waals surface area contributed by atoms with Crippen molar-refractivity contribution in [1.29, 1.82) is 0 Å². The van der Waals surface area contributed by atoms with E-state index in [4.69, 9.17) is 9.97 Å². The zero-order valence-electron chi connectivity index (χ0n) is 29.4. The van der Waals surface area contributed by atoms with Gasteiger partial charge in [-0.3, -0.25) is 4.57 Å². The summed E-state index contributed by atoms with van der Waals surface area (Å²) >= 11 is 1.74. The summed E-state index contributed by atoms with van der Waals surface area (Å²) in [5.41, 5.74) is 12.7. The Kier molecular flexibility index (Phi) is 5.74. The van der Waals surface area contributed by atoms with Crippen LogP contribution in [0.25, 0.3) is 120 Å². The Morgan fingerprint density at radius 3 is 1.75 bits per heavy atom. The van der Waals surface area contributed by atoms with Crippen LogP contribution in [0.5, 0.6) is 0 Å². The summed E-state index contributed by atoms with van der Waals surface area (Å²) in [6.07, 6.45) is 0. The molecule has 0 amide bonds. The zero-order valence-corrected chi connectivity index (χ0v) is 30.2. The van der Waals surface area contributed by atoms with Crippen LogP contribution in [0.3, 0.4) is 0 Å². The van der Waals surface area contributed by atoms with Crippen molar-refractivity contribution in [3.05, 3.63) is 170 Å². The molecule has 4 aromatic heterocycles. The summed E-state index contributed by atoms with van der Waals surface area (Å²) in [5, 5.41) is 9.77. The van der Waals surface area contributed by atoms with E-state index in [1.807, 2.05) is 0 Å². The van der Waals surface area contributed by atoms with Crippen LogP contribution in [0, 0.1) is 0 Å². The van der Waals surface area contributed by atoms with Crippen molar-refractivity contribution in [3.63, 3.8) is 0 Å². The lowest BCUT2D eigenvalue weighted by Crippen LogP contribution is -2.03. The van der Waals surface area contributed by atoms with E-state index in [9.17, 15) is 0 Å². The second-order valence-electron chi connectivity index (χ2n) is 14.5. The van der Waals surface area contributed by atoms with E-state index in [2.05, 4.69) is 179 Å². The minimum Gasteiger partial charge on any atom is -0.309 e. The number of hydrogen-bond acceptors (Lipinski definition) is 3. The molecule has 0 aliphatic heterocycles. The Bertz CT molecular complexity index is 3510. The van der Waals surface area contributed by atoms with E-state index in [-0.39, 0.29) is 0 Å². The summed E-state index contributed by atoms with van der Waals surface area (Å²) in [5.74, 6) is 0.680. The Labute approximate surface area is 318 Å². The van der Waals surface area contributed by atoms with Gasteiger partial charge in [-0.1, -0.05) is 127 Å². The van der Waals surface area contributed by atoms with Gasteiger partial charge in [-0.15, -0.1) is 11.3 Å². The largest absolute Gasteiger partial charge is 0.309 e. The highest BCUT2D eigenvalue weighted by Crippen LogP contribution is 2.50. The maximum Gasteiger partial charge on any atom is 0.236 e. The fraction of sp³-hybridized carbons (Fsp3) is 0. The lowest BCUT2D eigenvalue weighted by Gasteiger charge is -2.14. The van der Waals surface area contributed by atoms with Gasteiger partial charge in [0.25, 0.3) is 0 Å². The van der Waals surface area contributed by atoms with Crippen LogP contribution in [0.15, 0.2) is 170 Å². The molecule has 4 heterocycles. The highest BCUT2D eigenvalue weighted by Gasteiger charge is 2.26. The Morgan fingerprint density at radius 1 is 0.400 bits per heavy atom. The molecule has 0 saturated heterocycles. The molecule has 13 rings (SSSR count). The van der Waals surface area contributed by atoms with Gasteiger partial charge in [-0.25, -0.2) is 9.97 Å². The first-order valence-corrected chi connectivity index (χ1v) is 19.5. The van der Waals surface area contributed by atoms with E-state index in [0.29, 0.717) is 5.95 Å². The third kappa shape index (κ3) is 3.89. The van der Waals surface area contributed by atoms with Crippen molar-refractivity contribution in [1.82, 2.24) is 19.1 Å². The van der Waals surface area contributed by atoms with Crippen LogP contribution in [0.2, 0.25) is 0 Å². The summed E-state index contributed by atoms with van der Waals surface area (Å²) in [7, 11) is 0. The highest BCUT2D eigenvalue weighted by atomic mass is 32.1. The van der Waals surface area contributed by atoms with Crippen molar-refractivity contribution < 1.29 is 0 Å². The predicted octanol–water partition coefficient (Wildman–Crippen LogP) is 13.5. The quantitative estimate of drug-likeness (QED) is 0.182. The number of hydrogen-bond donors (Lipinski definition) is 0. The van der Waals surface area contributed by atoms with Gasteiger partial charge in [0.2, 0.25) is 5.95 Å². The first kappa shape index (κ1) is 29.4. The molecule has 0 unspecified atom stereocenters. The molecule has 0 N–H and O–H groups in total. The molecule has 0 radical (unpaired) electrons. The van der Waals surface area contributed by atoms with Gasteiger partial charge in [0.05, 0.1) is 27.8 Å². The number of benzene rings is 8. The van der Waals surface area contributed by atoms with Gasteiger partial charge < -0.3 is 4.57 Å². The molecule has 0 fully saturated rings. The second kappa shape index (κ2) is 10.8. The third-order valence-electron chi connectivity index (χ3n) is 11.7.